The third-order valence-electron chi connectivity index (χ3n) is 6.60. The molecule has 3 atom stereocenters. The first-order chi connectivity index (χ1) is 13.9. The predicted molar refractivity (Wildman–Crippen MR) is 115 cm³/mol. The van der Waals surface area contributed by atoms with Crippen molar-refractivity contribution < 1.29 is 9.53 Å². The van der Waals surface area contributed by atoms with Crippen LogP contribution < -0.4 is 5.73 Å². The number of aryl methyl sites for hydroxylation is 1. The van der Waals surface area contributed by atoms with Crippen LogP contribution in [0.3, 0.4) is 0 Å². The number of carbonyl (C=O) groups excluding carboxylic acids is 1. The highest BCUT2D eigenvalue weighted by molar-refractivity contribution is 5.98. The smallest absolute Gasteiger partial charge is 0.339 e. The standard InChI is InChI=1S/C25H24N2O2/c1-15-12-13-24(3,21(26)14-15)25(19-10-6-4-8-17(19)23(28)29-25)22-16(2)27-20-11-7-5-9-18(20)22/h4-14,21,27H,26H2,1-3H3. The number of fused-ring (bicyclic) bond motifs is 2. The van der Waals surface area contributed by atoms with Crippen molar-refractivity contribution in [2.75, 3.05) is 0 Å². The number of para-hydroxylation sites is 1. The fourth-order valence-electron chi connectivity index (χ4n) is 5.08. The molecule has 29 heavy (non-hydrogen) atoms. The Labute approximate surface area is 170 Å². The van der Waals surface area contributed by atoms with E-state index in [9.17, 15) is 4.79 Å². The number of allylic oxidation sites excluding steroid dienone is 2. The molecule has 3 unspecified atom stereocenters. The molecule has 3 aromatic rings. The molecule has 1 aliphatic heterocycles. The van der Waals surface area contributed by atoms with E-state index in [4.69, 9.17) is 10.5 Å². The quantitative estimate of drug-likeness (QED) is 0.627. The van der Waals surface area contributed by atoms with Gasteiger partial charge in [0.15, 0.2) is 5.60 Å². The molecule has 1 aliphatic carbocycles. The average molecular weight is 384 g/mol. The molecule has 1 aromatic heterocycles. The Bertz CT molecular complexity index is 1220. The topological polar surface area (TPSA) is 68.1 Å². The molecule has 2 aliphatic rings. The van der Waals surface area contributed by atoms with Gasteiger partial charge in [-0.3, -0.25) is 0 Å². The number of H-pyrrole nitrogens is 1. The van der Waals surface area contributed by atoms with Crippen molar-refractivity contribution in [1.82, 2.24) is 4.98 Å². The van der Waals surface area contributed by atoms with Gasteiger partial charge in [-0.1, -0.05) is 60.2 Å². The van der Waals surface area contributed by atoms with Crippen molar-refractivity contribution in [1.29, 1.82) is 0 Å². The Morgan fingerprint density at radius 1 is 1.07 bits per heavy atom. The van der Waals surface area contributed by atoms with E-state index >= 15 is 0 Å². The zero-order valence-corrected chi connectivity index (χ0v) is 16.8. The second-order valence-corrected chi connectivity index (χ2v) is 8.34. The van der Waals surface area contributed by atoms with Gasteiger partial charge in [-0.2, -0.15) is 0 Å². The van der Waals surface area contributed by atoms with Gasteiger partial charge in [-0.15, -0.1) is 0 Å². The average Bonchev–Trinajstić information content (AvgIpc) is 3.20. The SMILES string of the molecule is CC1=CC(N)C(C)(C2(c3c(C)[nH]c4ccccc34)OC(=O)c3ccccc32)C=C1. The predicted octanol–water partition coefficient (Wildman–Crippen LogP) is 4.74. The van der Waals surface area contributed by atoms with Gasteiger partial charge >= 0.3 is 5.97 Å². The Hall–Kier alpha value is -3.11. The maximum absolute atomic E-state index is 13.1. The van der Waals surface area contributed by atoms with E-state index in [1.807, 2.05) is 56.3 Å². The van der Waals surface area contributed by atoms with Crippen LogP contribution in [0.2, 0.25) is 0 Å². The normalized spacial score (nSPS) is 28.3. The summed E-state index contributed by atoms with van der Waals surface area (Å²) in [5.41, 5.74) is 10.6. The van der Waals surface area contributed by atoms with E-state index in [0.717, 1.165) is 33.3 Å². The van der Waals surface area contributed by atoms with Gasteiger partial charge in [-0.05, 0) is 32.9 Å². The summed E-state index contributed by atoms with van der Waals surface area (Å²) in [6, 6.07) is 15.5. The molecule has 5 rings (SSSR count). The van der Waals surface area contributed by atoms with E-state index < -0.39 is 11.0 Å². The van der Waals surface area contributed by atoms with E-state index in [1.165, 1.54) is 0 Å². The Balaban J connectivity index is 1.92. The van der Waals surface area contributed by atoms with Crippen molar-refractivity contribution in [3.8, 4) is 0 Å². The molecule has 0 spiro atoms. The summed E-state index contributed by atoms with van der Waals surface area (Å²) in [5.74, 6) is -0.307. The van der Waals surface area contributed by atoms with E-state index in [2.05, 4.69) is 36.2 Å². The Morgan fingerprint density at radius 2 is 1.79 bits per heavy atom. The van der Waals surface area contributed by atoms with Crippen LogP contribution in [0.15, 0.2) is 72.3 Å². The number of rotatable bonds is 2. The molecule has 0 saturated heterocycles. The lowest BCUT2D eigenvalue weighted by atomic mass is 9.60. The van der Waals surface area contributed by atoms with Crippen LogP contribution in [0.25, 0.3) is 10.9 Å². The minimum Gasteiger partial charge on any atom is -0.444 e. The first-order valence-electron chi connectivity index (χ1n) is 9.92. The molecular formula is C25H24N2O2. The zero-order chi connectivity index (χ0) is 20.4. The van der Waals surface area contributed by atoms with Gasteiger partial charge in [0.05, 0.1) is 11.0 Å². The fraction of sp³-hybridized carbons (Fsp3) is 0.240. The van der Waals surface area contributed by atoms with E-state index in [0.29, 0.717) is 5.56 Å². The minimum absolute atomic E-state index is 0.307. The monoisotopic (exact) mass is 384 g/mol. The molecular weight excluding hydrogens is 360 g/mol. The van der Waals surface area contributed by atoms with Crippen LogP contribution >= 0.6 is 0 Å². The van der Waals surface area contributed by atoms with Crippen molar-refractivity contribution >= 4 is 16.9 Å². The number of ether oxygens (including phenoxy) is 1. The molecule has 146 valence electrons. The lowest BCUT2D eigenvalue weighted by molar-refractivity contribution is -0.0434. The van der Waals surface area contributed by atoms with Gasteiger partial charge in [0.25, 0.3) is 0 Å². The Kier molecular flexibility index (Phi) is 3.68. The molecule has 0 bridgehead atoms. The summed E-state index contributed by atoms with van der Waals surface area (Å²) in [7, 11) is 0. The van der Waals surface area contributed by atoms with Gasteiger partial charge in [0.1, 0.15) is 0 Å². The molecule has 2 aromatic carbocycles. The maximum Gasteiger partial charge on any atom is 0.339 e. The molecule has 0 fully saturated rings. The lowest BCUT2D eigenvalue weighted by Gasteiger charge is -2.48. The third-order valence-corrected chi connectivity index (χ3v) is 6.60. The molecule has 0 amide bonds. The minimum atomic E-state index is -1.03. The second kappa shape index (κ2) is 5.94. The summed E-state index contributed by atoms with van der Waals surface area (Å²) < 4.78 is 6.38. The van der Waals surface area contributed by atoms with Crippen LogP contribution in [0.1, 0.15) is 41.0 Å². The summed E-state index contributed by atoms with van der Waals surface area (Å²) in [6.07, 6.45) is 6.24. The Morgan fingerprint density at radius 3 is 2.59 bits per heavy atom. The molecule has 3 N–H and O–H groups in total. The fourth-order valence-corrected chi connectivity index (χ4v) is 5.08. The number of benzene rings is 2. The molecule has 2 heterocycles. The molecule has 0 radical (unpaired) electrons. The van der Waals surface area contributed by atoms with Crippen LogP contribution in [0.4, 0.5) is 0 Å². The highest BCUT2D eigenvalue weighted by atomic mass is 16.6. The van der Waals surface area contributed by atoms with Gasteiger partial charge in [-0.25, -0.2) is 4.79 Å². The number of cyclic esters (lactones) is 1. The molecule has 4 nitrogen and oxygen atoms in total. The summed E-state index contributed by atoms with van der Waals surface area (Å²) in [6.45, 7) is 6.16. The number of aromatic nitrogens is 1. The first kappa shape index (κ1) is 18.0. The number of nitrogens with two attached hydrogens (primary N) is 1. The molecule has 0 saturated carbocycles. The summed E-state index contributed by atoms with van der Waals surface area (Å²) in [5, 5.41) is 1.04. The number of carbonyl (C=O) groups is 1. The van der Waals surface area contributed by atoms with E-state index in [1.54, 1.807) is 0 Å². The number of aromatic amines is 1. The van der Waals surface area contributed by atoms with Gasteiger partial charge in [0, 0.05) is 33.8 Å². The largest absolute Gasteiger partial charge is 0.444 e. The third kappa shape index (κ3) is 2.21. The number of esters is 1. The second-order valence-electron chi connectivity index (χ2n) is 8.34. The van der Waals surface area contributed by atoms with Crippen LogP contribution in [-0.2, 0) is 10.3 Å². The highest BCUT2D eigenvalue weighted by Gasteiger charge is 2.61. The van der Waals surface area contributed by atoms with Gasteiger partial charge < -0.3 is 15.5 Å². The first-order valence-corrected chi connectivity index (χ1v) is 9.92. The summed E-state index contributed by atoms with van der Waals surface area (Å²) >= 11 is 0. The van der Waals surface area contributed by atoms with Crippen LogP contribution in [0, 0.1) is 12.3 Å². The van der Waals surface area contributed by atoms with Crippen molar-refractivity contribution in [2.45, 2.75) is 32.4 Å². The van der Waals surface area contributed by atoms with Crippen molar-refractivity contribution in [2.24, 2.45) is 11.1 Å². The summed E-state index contributed by atoms with van der Waals surface area (Å²) in [4.78, 5) is 16.5. The van der Waals surface area contributed by atoms with Crippen molar-refractivity contribution in [3.63, 3.8) is 0 Å². The van der Waals surface area contributed by atoms with E-state index in [-0.39, 0.29) is 12.0 Å². The number of hydrogen-bond acceptors (Lipinski definition) is 3. The maximum atomic E-state index is 13.1. The lowest BCUT2D eigenvalue weighted by Crippen LogP contribution is -2.54. The number of hydrogen-bond donors (Lipinski definition) is 2. The molecule has 4 heteroatoms. The van der Waals surface area contributed by atoms with Crippen LogP contribution in [-0.4, -0.2) is 17.0 Å². The zero-order valence-electron chi connectivity index (χ0n) is 16.8. The number of nitrogens with one attached hydrogen (secondary N) is 1. The highest BCUT2D eigenvalue weighted by Crippen LogP contribution is 2.58. The van der Waals surface area contributed by atoms with Crippen molar-refractivity contribution in [3.05, 3.63) is 94.7 Å². The van der Waals surface area contributed by atoms with Crippen LogP contribution in [0.5, 0.6) is 0 Å². The van der Waals surface area contributed by atoms with Gasteiger partial charge in [0.2, 0.25) is 0 Å².